The zero-order valence-corrected chi connectivity index (χ0v) is 17.5. The Morgan fingerprint density at radius 1 is 0.967 bits per heavy atom. The molecule has 2 rings (SSSR count). The molecule has 160 valence electrons. The lowest BCUT2D eigenvalue weighted by Gasteiger charge is -2.22. The van der Waals surface area contributed by atoms with Crippen molar-refractivity contribution in [1.29, 1.82) is 0 Å². The smallest absolute Gasteiger partial charge is 0.408 e. The van der Waals surface area contributed by atoms with E-state index in [9.17, 15) is 14.4 Å². The number of thiol groups is 1. The second-order valence-corrected chi connectivity index (χ2v) is 7.40. The Labute approximate surface area is 181 Å². The van der Waals surface area contributed by atoms with Crippen LogP contribution < -0.4 is 10.6 Å². The highest BCUT2D eigenvalue weighted by Crippen LogP contribution is 2.07. The van der Waals surface area contributed by atoms with Gasteiger partial charge in [-0.05, 0) is 18.1 Å². The molecule has 30 heavy (non-hydrogen) atoms. The predicted octanol–water partition coefficient (Wildman–Crippen LogP) is 1.89. The largest absolute Gasteiger partial charge is 0.445 e. The molecule has 0 saturated heterocycles. The van der Waals surface area contributed by atoms with Crippen LogP contribution in [0.3, 0.4) is 0 Å². The number of ether oxygens (including phenoxy) is 1. The van der Waals surface area contributed by atoms with Gasteiger partial charge in [0, 0.05) is 6.42 Å². The molecule has 0 spiro atoms. The summed E-state index contributed by atoms with van der Waals surface area (Å²) in [7, 11) is 0. The number of ketones is 1. The second kappa shape index (κ2) is 12.0. The van der Waals surface area contributed by atoms with Crippen molar-refractivity contribution in [2.45, 2.75) is 37.3 Å². The summed E-state index contributed by atoms with van der Waals surface area (Å²) in [5.41, 5.74) is 1.65. The third kappa shape index (κ3) is 7.53. The number of hydrogen-bond acceptors (Lipinski definition) is 6. The molecular formula is C22H26N2O5S. The summed E-state index contributed by atoms with van der Waals surface area (Å²) in [4.78, 5) is 37.1. The quantitative estimate of drug-likeness (QED) is 0.431. The number of amides is 2. The van der Waals surface area contributed by atoms with Crippen molar-refractivity contribution in [3.63, 3.8) is 0 Å². The molecule has 0 aliphatic rings. The van der Waals surface area contributed by atoms with Gasteiger partial charge in [-0.15, -0.1) is 0 Å². The van der Waals surface area contributed by atoms with Crippen LogP contribution in [0.5, 0.6) is 0 Å². The molecule has 8 heteroatoms. The lowest BCUT2D eigenvalue weighted by atomic mass is 10.0. The highest BCUT2D eigenvalue weighted by molar-refractivity contribution is 7.81. The van der Waals surface area contributed by atoms with Crippen molar-refractivity contribution < 1.29 is 24.2 Å². The Kier molecular flexibility index (Phi) is 9.37. The van der Waals surface area contributed by atoms with E-state index in [0.29, 0.717) is 0 Å². The van der Waals surface area contributed by atoms with Crippen LogP contribution >= 0.6 is 12.6 Å². The molecular weight excluding hydrogens is 404 g/mol. The van der Waals surface area contributed by atoms with Crippen LogP contribution in [0, 0.1) is 0 Å². The normalized spacial score (nSPS) is 13.6. The predicted molar refractivity (Wildman–Crippen MR) is 116 cm³/mol. The highest BCUT2D eigenvalue weighted by Gasteiger charge is 2.27. The Morgan fingerprint density at radius 2 is 1.53 bits per heavy atom. The zero-order chi connectivity index (χ0) is 21.9. The summed E-state index contributed by atoms with van der Waals surface area (Å²) in [5.74, 6) is -0.950. The second-order valence-electron chi connectivity index (χ2n) is 6.78. The van der Waals surface area contributed by atoms with E-state index in [1.54, 1.807) is 0 Å². The van der Waals surface area contributed by atoms with E-state index >= 15 is 0 Å². The molecule has 0 radical (unpaired) electrons. The van der Waals surface area contributed by atoms with Crippen LogP contribution in [-0.4, -0.2) is 46.8 Å². The fourth-order valence-corrected chi connectivity index (χ4v) is 2.95. The molecule has 0 aliphatic carbocycles. The van der Waals surface area contributed by atoms with Gasteiger partial charge in [-0.3, -0.25) is 9.59 Å². The SMILES string of the molecule is C[C@@H](NC(=O)[C@H](Cc1ccccc1)NC(=O)OCc1ccccc1)C(=O)[C@@H](S)CO. The van der Waals surface area contributed by atoms with Crippen molar-refractivity contribution in [1.82, 2.24) is 10.6 Å². The Balaban J connectivity index is 2.02. The third-order valence-corrected chi connectivity index (χ3v) is 4.81. The van der Waals surface area contributed by atoms with Gasteiger partial charge >= 0.3 is 6.09 Å². The number of aliphatic hydroxyl groups excluding tert-OH is 1. The molecule has 2 aromatic rings. The Morgan fingerprint density at radius 3 is 2.10 bits per heavy atom. The van der Waals surface area contributed by atoms with Crippen LogP contribution in [0.15, 0.2) is 60.7 Å². The zero-order valence-electron chi connectivity index (χ0n) is 16.7. The lowest BCUT2D eigenvalue weighted by Crippen LogP contribution is -2.52. The number of benzene rings is 2. The topological polar surface area (TPSA) is 105 Å². The summed E-state index contributed by atoms with van der Waals surface area (Å²) in [6.45, 7) is 1.14. The monoisotopic (exact) mass is 430 g/mol. The van der Waals surface area contributed by atoms with Crippen LogP contribution in [0.1, 0.15) is 18.1 Å². The number of alkyl carbamates (subject to hydrolysis) is 1. The minimum Gasteiger partial charge on any atom is -0.445 e. The van der Waals surface area contributed by atoms with Crippen LogP contribution in [0.4, 0.5) is 4.79 Å². The molecule has 3 N–H and O–H groups in total. The van der Waals surface area contributed by atoms with Crippen molar-refractivity contribution in [3.8, 4) is 0 Å². The van der Waals surface area contributed by atoms with Gasteiger partial charge in [-0.2, -0.15) is 12.6 Å². The van der Waals surface area contributed by atoms with Gasteiger partial charge in [-0.1, -0.05) is 60.7 Å². The van der Waals surface area contributed by atoms with E-state index in [1.807, 2.05) is 60.7 Å². The van der Waals surface area contributed by atoms with Crippen LogP contribution in [-0.2, 0) is 27.4 Å². The summed E-state index contributed by atoms with van der Waals surface area (Å²) in [6, 6.07) is 16.5. The van der Waals surface area contributed by atoms with Gasteiger partial charge in [0.1, 0.15) is 12.6 Å². The summed E-state index contributed by atoms with van der Waals surface area (Å²) in [6.07, 6.45) is -0.519. The van der Waals surface area contributed by atoms with E-state index in [1.165, 1.54) is 6.92 Å². The third-order valence-electron chi connectivity index (χ3n) is 4.39. The minimum absolute atomic E-state index is 0.0685. The first-order valence-corrected chi connectivity index (χ1v) is 10.1. The number of rotatable bonds is 10. The first-order valence-electron chi connectivity index (χ1n) is 9.55. The van der Waals surface area contributed by atoms with Crippen molar-refractivity contribution in [2.24, 2.45) is 0 Å². The molecule has 0 unspecified atom stereocenters. The number of hydrogen-bond donors (Lipinski definition) is 4. The molecule has 2 aromatic carbocycles. The summed E-state index contributed by atoms with van der Waals surface area (Å²) in [5, 5.41) is 13.3. The van der Waals surface area contributed by atoms with Gasteiger partial charge in [0.2, 0.25) is 5.91 Å². The number of aliphatic hydroxyl groups is 1. The molecule has 0 heterocycles. The molecule has 7 nitrogen and oxygen atoms in total. The van der Waals surface area contributed by atoms with Crippen LogP contribution in [0.25, 0.3) is 0 Å². The molecule has 0 aliphatic heterocycles. The molecule has 0 aromatic heterocycles. The maximum atomic E-state index is 12.8. The number of carbonyl (C=O) groups is 3. The fraction of sp³-hybridized carbons (Fsp3) is 0.318. The average molecular weight is 431 g/mol. The number of nitrogens with one attached hydrogen (secondary N) is 2. The fourth-order valence-electron chi connectivity index (χ4n) is 2.73. The number of Topliss-reactive ketones (excluding diaryl/α,β-unsaturated/α-hetero) is 1. The molecule has 0 saturated carbocycles. The first kappa shape index (κ1) is 23.4. The maximum absolute atomic E-state index is 12.8. The number of carbonyl (C=O) groups excluding carboxylic acids is 3. The highest BCUT2D eigenvalue weighted by atomic mass is 32.1. The van der Waals surface area contributed by atoms with Gasteiger partial charge < -0.3 is 20.5 Å². The standard InChI is InChI=1S/C22H26N2O5S/c1-15(20(26)19(30)13-25)23-21(27)18(12-16-8-4-2-5-9-16)24-22(28)29-14-17-10-6-3-7-11-17/h2-11,15,18-19,25,30H,12-14H2,1H3,(H,23,27)(H,24,28)/t15-,18+,19+/m1/s1. The van der Waals surface area contributed by atoms with E-state index in [-0.39, 0.29) is 13.0 Å². The van der Waals surface area contributed by atoms with E-state index in [4.69, 9.17) is 9.84 Å². The first-order chi connectivity index (χ1) is 14.4. The van der Waals surface area contributed by atoms with E-state index in [2.05, 4.69) is 23.3 Å². The van der Waals surface area contributed by atoms with Gasteiger partial charge in [0.25, 0.3) is 0 Å². The average Bonchev–Trinajstić information content (AvgIpc) is 2.77. The van der Waals surface area contributed by atoms with Crippen LogP contribution in [0.2, 0.25) is 0 Å². The van der Waals surface area contributed by atoms with E-state index in [0.717, 1.165) is 11.1 Å². The van der Waals surface area contributed by atoms with Gasteiger partial charge in [0.05, 0.1) is 17.9 Å². The molecule has 0 fully saturated rings. The Bertz CT molecular complexity index is 832. The summed E-state index contributed by atoms with van der Waals surface area (Å²) < 4.78 is 5.21. The maximum Gasteiger partial charge on any atom is 0.408 e. The molecule has 2 amide bonds. The van der Waals surface area contributed by atoms with Crippen molar-refractivity contribution in [3.05, 3.63) is 71.8 Å². The van der Waals surface area contributed by atoms with E-state index < -0.39 is 41.7 Å². The Hall–Kier alpha value is -2.84. The van der Waals surface area contributed by atoms with Crippen molar-refractivity contribution in [2.75, 3.05) is 6.61 Å². The molecule has 3 atom stereocenters. The van der Waals surface area contributed by atoms with Gasteiger partial charge in [0.15, 0.2) is 5.78 Å². The molecule has 0 bridgehead atoms. The van der Waals surface area contributed by atoms with Gasteiger partial charge in [-0.25, -0.2) is 4.79 Å². The van der Waals surface area contributed by atoms with Crippen molar-refractivity contribution >= 4 is 30.4 Å². The minimum atomic E-state index is -0.946. The lowest BCUT2D eigenvalue weighted by molar-refractivity contribution is -0.128. The summed E-state index contributed by atoms with van der Waals surface area (Å²) >= 11 is 4.00.